The molecule has 1 N–H and O–H groups in total. The third kappa shape index (κ3) is 6.29. The van der Waals surface area contributed by atoms with Gasteiger partial charge < -0.3 is 24.6 Å². The molecule has 1 aromatic carbocycles. The van der Waals surface area contributed by atoms with Crippen molar-refractivity contribution in [3.05, 3.63) is 23.8 Å². The molecule has 34 heavy (non-hydrogen) atoms. The van der Waals surface area contributed by atoms with Crippen LogP contribution >= 0.6 is 0 Å². The Hall–Kier alpha value is -2.61. The molecular weight excluding hydrogens is 434 g/mol. The van der Waals surface area contributed by atoms with Gasteiger partial charge in [0.15, 0.2) is 0 Å². The van der Waals surface area contributed by atoms with E-state index in [9.17, 15) is 14.4 Å². The summed E-state index contributed by atoms with van der Waals surface area (Å²) in [7, 11) is 3.38. The summed E-state index contributed by atoms with van der Waals surface area (Å²) < 4.78 is 11.9. The zero-order valence-electron chi connectivity index (χ0n) is 21.1. The van der Waals surface area contributed by atoms with Gasteiger partial charge in [-0.2, -0.15) is 0 Å². The third-order valence-electron chi connectivity index (χ3n) is 7.00. The molecule has 3 amide bonds. The fraction of sp³-hybridized carbons (Fsp3) is 0.654. The fourth-order valence-corrected chi connectivity index (χ4v) is 4.95. The van der Waals surface area contributed by atoms with Crippen LogP contribution in [0.25, 0.3) is 0 Å². The molecule has 8 heteroatoms. The number of anilines is 1. The number of carbonyl (C=O) groups excluding carboxylic acids is 3. The smallest absolute Gasteiger partial charge is 0.257 e. The Morgan fingerprint density at radius 3 is 2.47 bits per heavy atom. The van der Waals surface area contributed by atoms with Gasteiger partial charge in [-0.05, 0) is 38.0 Å². The minimum absolute atomic E-state index is 0.0276. The quantitative estimate of drug-likeness (QED) is 0.725. The van der Waals surface area contributed by atoms with Crippen molar-refractivity contribution in [2.75, 3.05) is 39.2 Å². The number of amides is 3. The molecule has 8 nitrogen and oxygen atoms in total. The minimum atomic E-state index is -0.231. The first-order valence-corrected chi connectivity index (χ1v) is 12.3. The number of likely N-dealkylation sites (N-methyl/N-ethyl adjacent to an activating group) is 1. The molecule has 1 aromatic rings. The van der Waals surface area contributed by atoms with Gasteiger partial charge in [0.25, 0.3) is 5.91 Å². The lowest BCUT2D eigenvalue weighted by Crippen LogP contribution is -2.50. The number of carbonyl (C=O) groups is 3. The molecule has 0 aromatic heterocycles. The second kappa shape index (κ2) is 11.7. The Morgan fingerprint density at radius 2 is 1.82 bits per heavy atom. The number of ether oxygens (including phenoxy) is 2. The van der Waals surface area contributed by atoms with Crippen LogP contribution in [0.4, 0.5) is 5.69 Å². The summed E-state index contributed by atoms with van der Waals surface area (Å²) in [5.41, 5.74) is 0.900. The van der Waals surface area contributed by atoms with E-state index in [1.807, 2.05) is 11.8 Å². The van der Waals surface area contributed by atoms with Crippen LogP contribution in [0.5, 0.6) is 5.75 Å². The van der Waals surface area contributed by atoms with E-state index in [4.69, 9.17) is 9.47 Å². The van der Waals surface area contributed by atoms with Gasteiger partial charge in [-0.3, -0.25) is 14.4 Å². The molecule has 0 spiro atoms. The van der Waals surface area contributed by atoms with Crippen molar-refractivity contribution in [1.82, 2.24) is 9.80 Å². The maximum atomic E-state index is 13.6. The zero-order valence-corrected chi connectivity index (χ0v) is 21.1. The summed E-state index contributed by atoms with van der Waals surface area (Å²) in [6.45, 7) is 6.69. The van der Waals surface area contributed by atoms with E-state index in [0.717, 1.165) is 25.7 Å². The lowest BCUT2D eigenvalue weighted by atomic mass is 9.87. The molecule has 3 rings (SSSR count). The predicted molar refractivity (Wildman–Crippen MR) is 131 cm³/mol. The van der Waals surface area contributed by atoms with Crippen LogP contribution in [0.15, 0.2) is 18.2 Å². The lowest BCUT2D eigenvalue weighted by molar-refractivity contribution is -0.141. The number of nitrogens with one attached hydrogen (secondary N) is 1. The SMILES string of the molecule is CO[C@H]1CN(C)C(=O)c2cc(NC(C)=O)ccc2OC[C@H](C)N(C(=O)C2CCCCC2)C[C@@H]1C. The van der Waals surface area contributed by atoms with Gasteiger partial charge in [0.1, 0.15) is 12.4 Å². The van der Waals surface area contributed by atoms with E-state index < -0.39 is 0 Å². The largest absolute Gasteiger partial charge is 0.491 e. The van der Waals surface area contributed by atoms with Crippen molar-refractivity contribution in [3.8, 4) is 5.75 Å². The first-order chi connectivity index (χ1) is 16.2. The van der Waals surface area contributed by atoms with E-state index in [-0.39, 0.29) is 48.3 Å². The van der Waals surface area contributed by atoms with Crippen molar-refractivity contribution < 1.29 is 23.9 Å². The Bertz CT molecular complexity index is 883. The Labute approximate surface area is 202 Å². The summed E-state index contributed by atoms with van der Waals surface area (Å²) in [5, 5.41) is 2.73. The summed E-state index contributed by atoms with van der Waals surface area (Å²) >= 11 is 0. The fourth-order valence-electron chi connectivity index (χ4n) is 4.95. The normalized spacial score (nSPS) is 25.0. The predicted octanol–water partition coefficient (Wildman–Crippen LogP) is 3.56. The summed E-state index contributed by atoms with van der Waals surface area (Å²) in [6, 6.07) is 4.90. The highest BCUT2D eigenvalue weighted by Gasteiger charge is 2.33. The van der Waals surface area contributed by atoms with Crippen LogP contribution in [0, 0.1) is 11.8 Å². The second-order valence-electron chi connectivity index (χ2n) is 9.81. The highest BCUT2D eigenvalue weighted by atomic mass is 16.5. The summed E-state index contributed by atoms with van der Waals surface area (Å²) in [5.74, 6) is 0.299. The molecule has 0 saturated heterocycles. The topological polar surface area (TPSA) is 88.2 Å². The first kappa shape index (κ1) is 26.0. The van der Waals surface area contributed by atoms with Gasteiger partial charge >= 0.3 is 0 Å². The molecule has 0 bridgehead atoms. The number of rotatable bonds is 3. The van der Waals surface area contributed by atoms with Crippen LogP contribution in [-0.4, -0.2) is 73.5 Å². The van der Waals surface area contributed by atoms with Crippen molar-refractivity contribution in [2.24, 2.45) is 11.8 Å². The minimum Gasteiger partial charge on any atom is -0.491 e. The number of hydrogen-bond donors (Lipinski definition) is 1. The van der Waals surface area contributed by atoms with Crippen LogP contribution in [0.1, 0.15) is 63.2 Å². The Kier molecular flexibility index (Phi) is 8.94. The second-order valence-corrected chi connectivity index (χ2v) is 9.81. The van der Waals surface area contributed by atoms with Crippen LogP contribution < -0.4 is 10.1 Å². The molecule has 188 valence electrons. The van der Waals surface area contributed by atoms with E-state index in [1.54, 1.807) is 37.3 Å². The average Bonchev–Trinajstić information content (AvgIpc) is 2.83. The molecule has 0 radical (unpaired) electrons. The van der Waals surface area contributed by atoms with E-state index in [2.05, 4.69) is 12.2 Å². The Balaban J connectivity index is 1.94. The Morgan fingerprint density at radius 1 is 1.12 bits per heavy atom. The molecule has 1 aliphatic carbocycles. The van der Waals surface area contributed by atoms with Gasteiger partial charge in [-0.1, -0.05) is 26.2 Å². The zero-order chi connectivity index (χ0) is 24.8. The standard InChI is InChI=1S/C26H39N3O5/c1-17-14-29(25(31)20-9-7-6-8-10-20)18(2)16-34-23-12-11-21(27-19(3)30)13-22(23)26(32)28(4)15-24(17)33-5/h11-13,17-18,20,24H,6-10,14-16H2,1-5H3,(H,27,30)/t17-,18-,24-/m0/s1. The molecule has 1 aliphatic heterocycles. The molecule has 1 heterocycles. The van der Waals surface area contributed by atoms with Gasteiger partial charge in [0, 0.05) is 51.7 Å². The highest BCUT2D eigenvalue weighted by Crippen LogP contribution is 2.29. The number of hydrogen-bond acceptors (Lipinski definition) is 5. The molecule has 1 saturated carbocycles. The summed E-state index contributed by atoms with van der Waals surface area (Å²) in [6.07, 6.45) is 5.05. The van der Waals surface area contributed by atoms with E-state index in [0.29, 0.717) is 30.1 Å². The maximum Gasteiger partial charge on any atom is 0.257 e. The van der Waals surface area contributed by atoms with Crippen molar-refractivity contribution >= 4 is 23.4 Å². The van der Waals surface area contributed by atoms with Gasteiger partial charge in [0.2, 0.25) is 11.8 Å². The third-order valence-corrected chi connectivity index (χ3v) is 7.00. The number of benzene rings is 1. The average molecular weight is 474 g/mol. The van der Waals surface area contributed by atoms with Crippen molar-refractivity contribution in [2.45, 2.75) is 65.0 Å². The molecular formula is C26H39N3O5. The molecule has 0 unspecified atom stereocenters. The number of methoxy groups -OCH3 is 1. The van der Waals surface area contributed by atoms with Gasteiger partial charge in [0.05, 0.1) is 17.7 Å². The molecule has 1 fully saturated rings. The van der Waals surface area contributed by atoms with E-state index in [1.165, 1.54) is 13.3 Å². The molecule has 3 atom stereocenters. The lowest BCUT2D eigenvalue weighted by Gasteiger charge is -2.38. The van der Waals surface area contributed by atoms with Gasteiger partial charge in [-0.25, -0.2) is 0 Å². The van der Waals surface area contributed by atoms with Crippen LogP contribution in [-0.2, 0) is 14.3 Å². The van der Waals surface area contributed by atoms with Crippen LogP contribution in [0.3, 0.4) is 0 Å². The van der Waals surface area contributed by atoms with Gasteiger partial charge in [-0.15, -0.1) is 0 Å². The monoisotopic (exact) mass is 473 g/mol. The first-order valence-electron chi connectivity index (χ1n) is 12.3. The summed E-state index contributed by atoms with van der Waals surface area (Å²) in [4.78, 5) is 42.0. The van der Waals surface area contributed by atoms with Crippen molar-refractivity contribution in [3.63, 3.8) is 0 Å². The van der Waals surface area contributed by atoms with Crippen LogP contribution in [0.2, 0.25) is 0 Å². The maximum absolute atomic E-state index is 13.6. The number of fused-ring (bicyclic) bond motifs is 1. The number of nitrogens with zero attached hydrogens (tertiary/aromatic N) is 2. The molecule has 2 aliphatic rings. The van der Waals surface area contributed by atoms with E-state index >= 15 is 0 Å². The van der Waals surface area contributed by atoms with Crippen molar-refractivity contribution in [1.29, 1.82) is 0 Å². The highest BCUT2D eigenvalue weighted by molar-refractivity contribution is 5.99.